The van der Waals surface area contributed by atoms with E-state index in [2.05, 4.69) is 5.16 Å². The standard InChI is InChI=1S/C17H15N3O4/c18-17(23)20-14-7-3-1-5-11(14)9-13(19-24-10-16(21)22)12-6-2-4-8-15(12)20/h1-8H,9-10H2,(H2,18,23)(H,21,22)/b19-13-. The number of nitrogens with two attached hydrogens (primary N) is 1. The first-order valence-corrected chi connectivity index (χ1v) is 7.25. The summed E-state index contributed by atoms with van der Waals surface area (Å²) in [5.74, 6) is -1.11. The molecule has 0 spiro atoms. The first-order chi connectivity index (χ1) is 11.6. The van der Waals surface area contributed by atoms with E-state index in [1.165, 1.54) is 4.90 Å². The first-order valence-electron chi connectivity index (χ1n) is 7.25. The van der Waals surface area contributed by atoms with E-state index in [9.17, 15) is 9.59 Å². The molecule has 2 amide bonds. The number of hydrogen-bond acceptors (Lipinski definition) is 4. The van der Waals surface area contributed by atoms with Gasteiger partial charge >= 0.3 is 12.0 Å². The Labute approximate surface area is 137 Å². The lowest BCUT2D eigenvalue weighted by molar-refractivity contribution is -0.142. The third-order valence-corrected chi connectivity index (χ3v) is 3.63. The first kappa shape index (κ1) is 15.5. The lowest BCUT2D eigenvalue weighted by Crippen LogP contribution is -2.32. The van der Waals surface area contributed by atoms with Crippen LogP contribution >= 0.6 is 0 Å². The van der Waals surface area contributed by atoms with E-state index >= 15 is 0 Å². The SMILES string of the molecule is NC(=O)N1c2ccccc2C/C(=N/OCC(=O)O)c2ccccc21. The monoisotopic (exact) mass is 325 g/mol. The van der Waals surface area contributed by atoms with Crippen LogP contribution in [0, 0.1) is 0 Å². The van der Waals surface area contributed by atoms with Gasteiger partial charge in [-0.25, -0.2) is 9.59 Å². The molecule has 0 bridgehead atoms. The molecule has 0 fully saturated rings. The van der Waals surface area contributed by atoms with Crippen molar-refractivity contribution < 1.29 is 19.5 Å². The zero-order valence-electron chi connectivity index (χ0n) is 12.7. The van der Waals surface area contributed by atoms with E-state index in [1.54, 1.807) is 30.3 Å². The molecule has 0 saturated heterocycles. The molecule has 3 N–H and O–H groups in total. The maximum atomic E-state index is 12.0. The number of fused-ring (bicyclic) bond motifs is 2. The lowest BCUT2D eigenvalue weighted by Gasteiger charge is -2.22. The molecule has 0 aromatic heterocycles. The Bertz CT molecular complexity index is 832. The van der Waals surface area contributed by atoms with Crippen LogP contribution in [0.15, 0.2) is 53.7 Å². The van der Waals surface area contributed by atoms with Crippen molar-refractivity contribution in [1.29, 1.82) is 0 Å². The number of aliphatic carboxylic acids is 1. The summed E-state index contributed by atoms with van der Waals surface area (Å²) < 4.78 is 0. The number of carboxylic acids is 1. The molecular formula is C17H15N3O4. The van der Waals surface area contributed by atoms with Gasteiger partial charge in [0.1, 0.15) is 0 Å². The van der Waals surface area contributed by atoms with E-state index in [4.69, 9.17) is 15.7 Å². The van der Waals surface area contributed by atoms with Gasteiger partial charge in [-0.2, -0.15) is 0 Å². The molecule has 0 atom stereocenters. The highest BCUT2D eigenvalue weighted by molar-refractivity contribution is 6.13. The molecule has 24 heavy (non-hydrogen) atoms. The summed E-state index contributed by atoms with van der Waals surface area (Å²) in [6.07, 6.45) is 0.386. The van der Waals surface area contributed by atoms with Crippen LogP contribution in [0.2, 0.25) is 0 Å². The van der Waals surface area contributed by atoms with Crippen LogP contribution in [0.4, 0.5) is 16.2 Å². The van der Waals surface area contributed by atoms with Crippen LogP contribution in [-0.2, 0) is 16.1 Å². The van der Waals surface area contributed by atoms with Gasteiger partial charge in [0.2, 0.25) is 6.61 Å². The number of para-hydroxylation sites is 2. The molecule has 1 heterocycles. The highest BCUT2D eigenvalue weighted by atomic mass is 16.6. The minimum Gasteiger partial charge on any atom is -0.479 e. The van der Waals surface area contributed by atoms with Crippen molar-refractivity contribution in [2.24, 2.45) is 10.9 Å². The smallest absolute Gasteiger partial charge is 0.344 e. The summed E-state index contributed by atoms with van der Waals surface area (Å²) in [5, 5.41) is 12.7. The number of hydrogen-bond donors (Lipinski definition) is 2. The van der Waals surface area contributed by atoms with Crippen LogP contribution in [0.3, 0.4) is 0 Å². The molecule has 1 aliphatic heterocycles. The third-order valence-electron chi connectivity index (χ3n) is 3.63. The molecule has 0 unspecified atom stereocenters. The van der Waals surface area contributed by atoms with Gasteiger partial charge in [0, 0.05) is 12.0 Å². The van der Waals surface area contributed by atoms with Crippen LogP contribution in [0.25, 0.3) is 0 Å². The minimum absolute atomic E-state index is 0.386. The van der Waals surface area contributed by atoms with Crippen molar-refractivity contribution in [1.82, 2.24) is 0 Å². The van der Waals surface area contributed by atoms with Crippen LogP contribution in [-0.4, -0.2) is 29.4 Å². The number of primary amides is 1. The lowest BCUT2D eigenvalue weighted by atomic mass is 10.0. The molecular weight excluding hydrogens is 310 g/mol. The maximum Gasteiger partial charge on any atom is 0.344 e. The number of oxime groups is 1. The zero-order chi connectivity index (χ0) is 17.1. The Hall–Kier alpha value is -3.35. The highest BCUT2D eigenvalue weighted by Crippen LogP contribution is 2.35. The Morgan fingerprint density at radius 2 is 1.79 bits per heavy atom. The third kappa shape index (κ3) is 2.91. The van der Waals surface area contributed by atoms with E-state index < -0.39 is 18.6 Å². The fourth-order valence-electron chi connectivity index (χ4n) is 2.68. The molecule has 3 rings (SSSR count). The average Bonchev–Trinajstić information content (AvgIpc) is 2.69. The van der Waals surface area contributed by atoms with Crippen LogP contribution in [0.5, 0.6) is 0 Å². The maximum absolute atomic E-state index is 12.0. The van der Waals surface area contributed by atoms with E-state index in [-0.39, 0.29) is 0 Å². The number of carbonyl (C=O) groups is 2. The van der Waals surface area contributed by atoms with E-state index in [0.717, 1.165) is 5.56 Å². The predicted molar refractivity (Wildman–Crippen MR) is 88.4 cm³/mol. The molecule has 0 aliphatic carbocycles. The van der Waals surface area contributed by atoms with Gasteiger partial charge in [0.05, 0.1) is 17.1 Å². The number of anilines is 2. The van der Waals surface area contributed by atoms with Gasteiger partial charge in [-0.3, -0.25) is 4.90 Å². The van der Waals surface area contributed by atoms with Gasteiger partial charge in [-0.05, 0) is 17.7 Å². The molecule has 122 valence electrons. The molecule has 7 heteroatoms. The Balaban J connectivity index is 2.15. The molecule has 1 aliphatic rings. The van der Waals surface area contributed by atoms with Gasteiger partial charge in [-0.1, -0.05) is 41.6 Å². The fourth-order valence-corrected chi connectivity index (χ4v) is 2.68. The molecule has 0 saturated carbocycles. The van der Waals surface area contributed by atoms with Crippen molar-refractivity contribution in [2.45, 2.75) is 6.42 Å². The number of nitrogens with zero attached hydrogens (tertiary/aromatic N) is 2. The summed E-state index contributed by atoms with van der Waals surface area (Å²) in [6, 6.07) is 13.9. The summed E-state index contributed by atoms with van der Waals surface area (Å²) in [7, 11) is 0. The Kier molecular flexibility index (Phi) is 4.15. The Morgan fingerprint density at radius 1 is 1.12 bits per heavy atom. The minimum atomic E-state index is -1.11. The van der Waals surface area contributed by atoms with Gasteiger partial charge < -0.3 is 15.7 Å². The van der Waals surface area contributed by atoms with E-state index in [0.29, 0.717) is 29.1 Å². The number of rotatable bonds is 3. The summed E-state index contributed by atoms with van der Waals surface area (Å²) in [6.45, 7) is -0.535. The highest BCUT2D eigenvalue weighted by Gasteiger charge is 2.27. The average molecular weight is 325 g/mol. The molecule has 2 aromatic carbocycles. The topological polar surface area (TPSA) is 105 Å². The van der Waals surface area contributed by atoms with Gasteiger partial charge in [0.15, 0.2) is 0 Å². The fraction of sp³-hybridized carbons (Fsp3) is 0.118. The predicted octanol–water partition coefficient (Wildman–Crippen LogP) is 2.26. The normalized spacial score (nSPS) is 14.5. The van der Waals surface area contributed by atoms with Crippen molar-refractivity contribution in [3.63, 3.8) is 0 Å². The van der Waals surface area contributed by atoms with Crippen LogP contribution < -0.4 is 10.6 Å². The summed E-state index contributed by atoms with van der Waals surface area (Å²) >= 11 is 0. The number of benzene rings is 2. The molecule has 0 radical (unpaired) electrons. The van der Waals surface area contributed by atoms with Crippen molar-refractivity contribution in [3.8, 4) is 0 Å². The Morgan fingerprint density at radius 3 is 2.50 bits per heavy atom. The zero-order valence-corrected chi connectivity index (χ0v) is 12.7. The summed E-state index contributed by atoms with van der Waals surface area (Å²) in [4.78, 5) is 29.0. The van der Waals surface area contributed by atoms with Crippen LogP contribution in [0.1, 0.15) is 11.1 Å². The largest absolute Gasteiger partial charge is 0.479 e. The van der Waals surface area contributed by atoms with Crippen molar-refractivity contribution in [3.05, 3.63) is 59.7 Å². The second kappa shape index (κ2) is 6.41. The molecule has 7 nitrogen and oxygen atoms in total. The quantitative estimate of drug-likeness (QED) is 0.844. The molecule has 2 aromatic rings. The number of urea groups is 1. The summed E-state index contributed by atoms with van der Waals surface area (Å²) in [5.41, 5.74) is 8.87. The number of carboxylic acid groups (broad SMARTS) is 1. The number of carbonyl (C=O) groups excluding carboxylic acids is 1. The second-order valence-corrected chi connectivity index (χ2v) is 5.20. The second-order valence-electron chi connectivity index (χ2n) is 5.20. The van der Waals surface area contributed by atoms with Gasteiger partial charge in [-0.15, -0.1) is 0 Å². The van der Waals surface area contributed by atoms with E-state index in [1.807, 2.05) is 18.2 Å². The number of amides is 2. The van der Waals surface area contributed by atoms with Gasteiger partial charge in [0.25, 0.3) is 0 Å². The van der Waals surface area contributed by atoms with Crippen molar-refractivity contribution in [2.75, 3.05) is 11.5 Å². The van der Waals surface area contributed by atoms with Crippen molar-refractivity contribution >= 4 is 29.1 Å².